The van der Waals surface area contributed by atoms with E-state index in [0.717, 1.165) is 52.7 Å². The van der Waals surface area contributed by atoms with Gasteiger partial charge in [-0.1, -0.05) is 39.0 Å². The maximum atomic E-state index is 15.8. The summed E-state index contributed by atoms with van der Waals surface area (Å²) in [6.45, 7) is 20.9. The van der Waals surface area contributed by atoms with Crippen molar-refractivity contribution < 1.29 is 58.2 Å². The normalized spacial score (nSPS) is 60.4. The Balaban J connectivity index is 0.807. The maximum Gasteiger partial charge on any atom is 0.334 e. The van der Waals surface area contributed by atoms with Crippen LogP contribution >= 0.6 is 0 Å². The van der Waals surface area contributed by atoms with Crippen molar-refractivity contribution in [2.45, 2.75) is 204 Å². The van der Waals surface area contributed by atoms with Crippen LogP contribution < -0.4 is 0 Å². The van der Waals surface area contributed by atoms with Gasteiger partial charge < -0.3 is 39.0 Å². The van der Waals surface area contributed by atoms with Gasteiger partial charge >= 0.3 is 23.9 Å². The minimum atomic E-state index is -1.22. The lowest BCUT2D eigenvalue weighted by Gasteiger charge is -2.50. The molecule has 4 saturated carbocycles. The molecule has 3 N–H and O–H groups in total. The molecule has 5 aliphatic heterocycles. The molecule has 0 aromatic carbocycles. The molecule has 23 atom stereocenters. The first-order valence-electron chi connectivity index (χ1n) is 28.1. The van der Waals surface area contributed by atoms with E-state index in [2.05, 4.69) is 47.3 Å². The van der Waals surface area contributed by atoms with Crippen molar-refractivity contribution >= 4 is 23.9 Å². The summed E-state index contributed by atoms with van der Waals surface area (Å²) in [4.78, 5) is 59.9. The number of fused-ring (bicyclic) bond motifs is 26. The molecular formula is C60H72O12. The van der Waals surface area contributed by atoms with Crippen molar-refractivity contribution in [3.05, 3.63) is 57.2 Å². The average Bonchev–Trinajstić information content (AvgIpc) is 4.11. The fourth-order valence-corrected chi connectivity index (χ4v) is 23.8. The van der Waals surface area contributed by atoms with Crippen LogP contribution in [0, 0.1) is 79.8 Å². The first-order valence-corrected chi connectivity index (χ1v) is 28.1. The molecule has 12 heteroatoms. The van der Waals surface area contributed by atoms with E-state index in [4.69, 9.17) is 23.7 Å². The minimum Gasteiger partial charge on any atom is -0.461 e. The highest BCUT2D eigenvalue weighted by atomic mass is 16.6. The molecule has 6 bridgehead atoms. The lowest BCUT2D eigenvalue weighted by molar-refractivity contribution is -0.155. The maximum absolute atomic E-state index is 15.8. The third kappa shape index (κ3) is 4.26. The molecule has 16 rings (SSSR count). The van der Waals surface area contributed by atoms with Crippen LogP contribution in [-0.2, 0) is 42.9 Å². The predicted molar refractivity (Wildman–Crippen MR) is 256 cm³/mol. The number of hydrogen-bond donors (Lipinski definition) is 3. The van der Waals surface area contributed by atoms with Crippen molar-refractivity contribution in [1.82, 2.24) is 0 Å². The van der Waals surface area contributed by atoms with Crippen LogP contribution in [0.5, 0.6) is 0 Å². The molecule has 0 unspecified atom stereocenters. The highest BCUT2D eigenvalue weighted by molar-refractivity contribution is 5.92. The highest BCUT2D eigenvalue weighted by Gasteiger charge is 2.85. The van der Waals surface area contributed by atoms with Crippen molar-refractivity contribution in [2.75, 3.05) is 0 Å². The monoisotopic (exact) mass is 985 g/mol. The van der Waals surface area contributed by atoms with Crippen LogP contribution in [0.15, 0.2) is 57.2 Å². The summed E-state index contributed by atoms with van der Waals surface area (Å²) in [6, 6.07) is 0. The van der Waals surface area contributed by atoms with Crippen molar-refractivity contribution in [3.8, 4) is 0 Å². The molecule has 384 valence electrons. The molecule has 72 heavy (non-hydrogen) atoms. The second-order valence-electron chi connectivity index (χ2n) is 28.8. The predicted octanol–water partition coefficient (Wildman–Crippen LogP) is 7.77. The molecule has 0 radical (unpaired) electrons. The number of ether oxygens (including phenoxy) is 5. The van der Waals surface area contributed by atoms with Gasteiger partial charge in [-0.2, -0.15) is 0 Å². The van der Waals surface area contributed by atoms with E-state index in [1.807, 2.05) is 20.8 Å². The molecule has 0 aromatic heterocycles. The smallest absolute Gasteiger partial charge is 0.334 e. The standard InChI is InChI=1S/C60H72O12/c1-26-10-19-60-35(26)43-34(14-18-56(60,9)72-60)59(47(62)69-43)25-30-22-52(59,5)41-38(30)55(8,67)17-13-33-45(41)71-49(64)58(33)24-29-21-51(58,4)40-37(29)54(7,66)16-12-32-44(40)70-48(63)57(32)23-28-20-50(57,3)39-36(28)53(6,65)15-11-31-27(2)46(61)68-42(31)39/h10,28-35,42-45,65-67H,2,11-25H2,1,3-9H3/t28-,29-,30-,31-,32+,33+,34-,35+,42-,43-,44-,45-,50-,51-,52-,53-,54-,55-,56-,57-,58-,59-,60+/m0/s1. The van der Waals surface area contributed by atoms with Crippen molar-refractivity contribution in [2.24, 2.45) is 79.8 Å². The fourth-order valence-electron chi connectivity index (χ4n) is 23.8. The molecule has 16 aliphatic rings. The lowest BCUT2D eigenvalue weighted by Crippen LogP contribution is -2.53. The molecular weight excluding hydrogens is 913 g/mol. The summed E-state index contributed by atoms with van der Waals surface area (Å²) in [5, 5.41) is 38.0. The van der Waals surface area contributed by atoms with Crippen molar-refractivity contribution in [3.63, 3.8) is 0 Å². The van der Waals surface area contributed by atoms with E-state index in [9.17, 15) is 20.1 Å². The van der Waals surface area contributed by atoms with Gasteiger partial charge in [0.2, 0.25) is 0 Å². The van der Waals surface area contributed by atoms with Crippen molar-refractivity contribution in [1.29, 1.82) is 0 Å². The quantitative estimate of drug-likeness (QED) is 0.0708. The third-order valence-electron chi connectivity index (χ3n) is 26.3. The highest BCUT2D eigenvalue weighted by Crippen LogP contribution is 2.83. The number of aliphatic hydroxyl groups is 3. The Morgan fingerprint density at radius 3 is 1.46 bits per heavy atom. The Bertz CT molecular complexity index is 2920. The second kappa shape index (κ2) is 12.3. The van der Waals surface area contributed by atoms with Crippen LogP contribution in [0.2, 0.25) is 0 Å². The Labute approximate surface area is 421 Å². The van der Waals surface area contributed by atoms with Gasteiger partial charge in [-0.3, -0.25) is 14.4 Å². The van der Waals surface area contributed by atoms with Crippen LogP contribution in [0.1, 0.15) is 152 Å². The Morgan fingerprint density at radius 1 is 0.528 bits per heavy atom. The zero-order valence-electron chi connectivity index (χ0n) is 43.3. The summed E-state index contributed by atoms with van der Waals surface area (Å²) in [6.07, 6.45) is 8.95. The molecule has 9 fully saturated rings. The van der Waals surface area contributed by atoms with Gasteiger partial charge in [0, 0.05) is 51.4 Å². The molecule has 12 nitrogen and oxygen atoms in total. The Hall–Kier alpha value is -3.58. The van der Waals surface area contributed by atoms with E-state index >= 15 is 14.4 Å². The zero-order chi connectivity index (χ0) is 50.2. The average molecular weight is 985 g/mol. The number of hydrogen-bond acceptors (Lipinski definition) is 12. The molecule has 5 heterocycles. The summed E-state index contributed by atoms with van der Waals surface area (Å²) < 4.78 is 33.8. The van der Waals surface area contributed by atoms with Crippen LogP contribution in [-0.4, -0.2) is 91.6 Å². The Morgan fingerprint density at radius 2 is 0.958 bits per heavy atom. The SMILES string of the molecule is C=C1C(=O)O[C@@H]2C3=C([C@H]4C[C@]3(C)[C@]3(C4)C(=O)O[C@@H]4C5=C([C@H]6C[C@]5(C)[C@]5(C6)C(=O)O[C@@H]6C7=C([C@H]8C[C@]7(C)[C@]7(C8)C(=O)O[C@@H]8[C@H]9C(C)=CC[C@@]9%10O[C@@]%10(C)CC[C@@H]87)[C@@](C)(O)CC[C@H]65)[C@@](C)(O)CC[C@H]43)[C@@](C)(O)CC[C@@H]12. The molecule has 4 spiro atoms. The topological polar surface area (TPSA) is 178 Å². The van der Waals surface area contributed by atoms with E-state index in [-0.39, 0.29) is 82.6 Å². The molecule has 5 saturated heterocycles. The summed E-state index contributed by atoms with van der Waals surface area (Å²) in [5.41, 5.74) is -2.30. The number of esters is 4. The first kappa shape index (κ1) is 44.7. The van der Waals surface area contributed by atoms with Gasteiger partial charge in [0.1, 0.15) is 30.0 Å². The van der Waals surface area contributed by atoms with Crippen LogP contribution in [0.25, 0.3) is 0 Å². The third-order valence-corrected chi connectivity index (χ3v) is 26.3. The van der Waals surface area contributed by atoms with E-state index < -0.39 is 73.6 Å². The van der Waals surface area contributed by atoms with Crippen LogP contribution in [0.3, 0.4) is 0 Å². The molecule has 0 amide bonds. The van der Waals surface area contributed by atoms with Gasteiger partial charge in [0.05, 0.1) is 38.6 Å². The number of carbonyl (C=O) groups excluding carboxylic acids is 4. The Kier molecular flexibility index (Phi) is 7.64. The number of rotatable bonds is 0. The van der Waals surface area contributed by atoms with Gasteiger partial charge in [0.25, 0.3) is 0 Å². The number of carbonyl (C=O) groups is 4. The van der Waals surface area contributed by atoms with Gasteiger partial charge in [-0.05, 0) is 182 Å². The lowest BCUT2D eigenvalue weighted by atomic mass is 9.49. The van der Waals surface area contributed by atoms with Crippen LogP contribution in [0.4, 0.5) is 0 Å². The number of epoxide rings is 1. The van der Waals surface area contributed by atoms with E-state index in [1.54, 1.807) is 0 Å². The van der Waals surface area contributed by atoms with Gasteiger partial charge in [0.15, 0.2) is 0 Å². The fraction of sp³-hybridized carbons (Fsp3) is 0.767. The molecule has 0 aromatic rings. The summed E-state index contributed by atoms with van der Waals surface area (Å²) >= 11 is 0. The largest absolute Gasteiger partial charge is 0.461 e. The van der Waals surface area contributed by atoms with Gasteiger partial charge in [-0.25, -0.2) is 4.79 Å². The van der Waals surface area contributed by atoms with E-state index in [0.29, 0.717) is 82.6 Å². The molecule has 11 aliphatic carbocycles. The first-order chi connectivity index (χ1) is 33.7. The van der Waals surface area contributed by atoms with Gasteiger partial charge in [-0.15, -0.1) is 0 Å². The summed E-state index contributed by atoms with van der Waals surface area (Å²) in [7, 11) is 0. The minimum absolute atomic E-state index is 0.00653. The zero-order valence-corrected chi connectivity index (χ0v) is 43.3. The second-order valence-corrected chi connectivity index (χ2v) is 28.8. The van der Waals surface area contributed by atoms with E-state index in [1.165, 1.54) is 5.57 Å². The summed E-state index contributed by atoms with van der Waals surface area (Å²) in [5.74, 6) is -2.49.